The van der Waals surface area contributed by atoms with Crippen LogP contribution >= 0.6 is 0 Å². The second-order valence-electron chi connectivity index (χ2n) is 5.91. The number of carbonyl (C=O) groups excluding carboxylic acids is 1. The minimum atomic E-state index is 0.129. The van der Waals surface area contributed by atoms with Gasteiger partial charge < -0.3 is 10.6 Å². The summed E-state index contributed by atoms with van der Waals surface area (Å²) in [5.41, 5.74) is 3.54. The van der Waals surface area contributed by atoms with Crippen molar-refractivity contribution in [1.82, 2.24) is 10.6 Å². The van der Waals surface area contributed by atoms with Crippen LogP contribution in [-0.4, -0.2) is 25.0 Å². The molecule has 0 radical (unpaired) electrons. The zero-order valence-corrected chi connectivity index (χ0v) is 12.7. The Morgan fingerprint density at radius 1 is 1.30 bits per heavy atom. The number of nitrogens with one attached hydrogen (secondary N) is 2. The van der Waals surface area contributed by atoms with E-state index in [1.807, 2.05) is 0 Å². The molecule has 3 nitrogen and oxygen atoms in total. The van der Waals surface area contributed by atoms with Gasteiger partial charge >= 0.3 is 0 Å². The van der Waals surface area contributed by atoms with E-state index in [4.69, 9.17) is 0 Å². The highest BCUT2D eigenvalue weighted by Crippen LogP contribution is 2.11. The van der Waals surface area contributed by atoms with Crippen LogP contribution in [0.15, 0.2) is 18.2 Å². The van der Waals surface area contributed by atoms with E-state index in [2.05, 4.69) is 42.7 Å². The van der Waals surface area contributed by atoms with E-state index >= 15 is 0 Å². The van der Waals surface area contributed by atoms with Gasteiger partial charge in [-0.1, -0.05) is 36.6 Å². The Labute approximate surface area is 122 Å². The van der Waals surface area contributed by atoms with Gasteiger partial charge in [-0.25, -0.2) is 0 Å². The standard InChI is InChI=1S/C17H26N2O/c1-13-7-8-14(2)15(10-13)11-17(20)19-12-16-6-4-3-5-9-18-16/h7-8,10,16,18H,3-6,9,11-12H2,1-2H3,(H,19,20)/t16-/m0/s1. The Morgan fingerprint density at radius 3 is 3.00 bits per heavy atom. The molecule has 0 saturated carbocycles. The Balaban J connectivity index is 1.81. The van der Waals surface area contributed by atoms with Gasteiger partial charge in [-0.05, 0) is 44.4 Å². The molecule has 1 aliphatic rings. The molecule has 0 aromatic heterocycles. The SMILES string of the molecule is Cc1ccc(C)c(CC(=O)NC[C@@H]2CCCCCN2)c1. The van der Waals surface area contributed by atoms with Gasteiger partial charge in [0.2, 0.25) is 5.91 Å². The van der Waals surface area contributed by atoms with E-state index < -0.39 is 0 Å². The van der Waals surface area contributed by atoms with Crippen molar-refractivity contribution in [3.63, 3.8) is 0 Å². The molecule has 0 spiro atoms. The normalized spacial score (nSPS) is 19.4. The van der Waals surface area contributed by atoms with Crippen molar-refractivity contribution >= 4 is 5.91 Å². The molecule has 2 rings (SSSR count). The topological polar surface area (TPSA) is 41.1 Å². The molecule has 1 aliphatic heterocycles. The molecule has 0 bridgehead atoms. The molecule has 1 amide bonds. The van der Waals surface area contributed by atoms with Gasteiger partial charge in [0.15, 0.2) is 0 Å². The van der Waals surface area contributed by atoms with Crippen molar-refractivity contribution in [2.45, 2.75) is 52.0 Å². The van der Waals surface area contributed by atoms with Crippen LogP contribution in [0.4, 0.5) is 0 Å². The van der Waals surface area contributed by atoms with Gasteiger partial charge in [-0.2, -0.15) is 0 Å². The van der Waals surface area contributed by atoms with Crippen molar-refractivity contribution in [1.29, 1.82) is 0 Å². The van der Waals surface area contributed by atoms with Crippen molar-refractivity contribution in [3.05, 3.63) is 34.9 Å². The van der Waals surface area contributed by atoms with Gasteiger partial charge in [0, 0.05) is 12.6 Å². The second-order valence-corrected chi connectivity index (χ2v) is 5.91. The molecular weight excluding hydrogens is 248 g/mol. The van der Waals surface area contributed by atoms with Crippen molar-refractivity contribution < 1.29 is 4.79 Å². The van der Waals surface area contributed by atoms with E-state index in [9.17, 15) is 4.79 Å². The first-order valence-corrected chi connectivity index (χ1v) is 7.71. The first-order valence-electron chi connectivity index (χ1n) is 7.71. The van der Waals surface area contributed by atoms with E-state index in [1.54, 1.807) is 0 Å². The number of hydrogen-bond acceptors (Lipinski definition) is 2. The smallest absolute Gasteiger partial charge is 0.224 e. The molecule has 1 atom stereocenters. The predicted molar refractivity (Wildman–Crippen MR) is 82.9 cm³/mol. The maximum absolute atomic E-state index is 12.1. The van der Waals surface area contributed by atoms with Crippen LogP contribution in [0.2, 0.25) is 0 Å². The minimum absolute atomic E-state index is 0.129. The number of carbonyl (C=O) groups is 1. The highest BCUT2D eigenvalue weighted by Gasteiger charge is 2.13. The quantitative estimate of drug-likeness (QED) is 0.885. The Hall–Kier alpha value is -1.35. The van der Waals surface area contributed by atoms with Crippen LogP contribution in [0.1, 0.15) is 42.4 Å². The summed E-state index contributed by atoms with van der Waals surface area (Å²) in [7, 11) is 0. The molecule has 0 aliphatic carbocycles. The molecule has 1 aromatic rings. The van der Waals surface area contributed by atoms with E-state index in [1.165, 1.54) is 36.8 Å². The largest absolute Gasteiger partial charge is 0.354 e. The zero-order chi connectivity index (χ0) is 14.4. The molecule has 1 saturated heterocycles. The lowest BCUT2D eigenvalue weighted by molar-refractivity contribution is -0.120. The molecule has 0 unspecified atom stereocenters. The van der Waals surface area contributed by atoms with E-state index in [0.717, 1.165) is 18.7 Å². The van der Waals surface area contributed by atoms with E-state index in [0.29, 0.717) is 12.5 Å². The van der Waals surface area contributed by atoms with Gasteiger partial charge in [0.1, 0.15) is 0 Å². The Kier molecular flexibility index (Phi) is 5.60. The summed E-state index contributed by atoms with van der Waals surface area (Å²) >= 11 is 0. The summed E-state index contributed by atoms with van der Waals surface area (Å²) in [5.74, 6) is 0.129. The zero-order valence-electron chi connectivity index (χ0n) is 12.7. The van der Waals surface area contributed by atoms with Crippen molar-refractivity contribution in [2.24, 2.45) is 0 Å². The van der Waals surface area contributed by atoms with Crippen LogP contribution in [0.3, 0.4) is 0 Å². The molecule has 20 heavy (non-hydrogen) atoms. The fourth-order valence-electron chi connectivity index (χ4n) is 2.74. The highest BCUT2D eigenvalue weighted by atomic mass is 16.1. The fourth-order valence-corrected chi connectivity index (χ4v) is 2.74. The Morgan fingerprint density at radius 2 is 2.15 bits per heavy atom. The van der Waals surface area contributed by atoms with Crippen LogP contribution in [-0.2, 0) is 11.2 Å². The summed E-state index contributed by atoms with van der Waals surface area (Å²) in [4.78, 5) is 12.1. The van der Waals surface area contributed by atoms with Gasteiger partial charge in [-0.3, -0.25) is 4.79 Å². The summed E-state index contributed by atoms with van der Waals surface area (Å²) in [6, 6.07) is 6.73. The average Bonchev–Trinajstić information content (AvgIpc) is 2.69. The molecule has 1 fully saturated rings. The molecule has 3 heteroatoms. The number of amides is 1. The number of benzene rings is 1. The van der Waals surface area contributed by atoms with Crippen molar-refractivity contribution in [3.8, 4) is 0 Å². The first-order chi connectivity index (χ1) is 9.65. The number of rotatable bonds is 4. The third-order valence-electron chi connectivity index (χ3n) is 4.06. The summed E-state index contributed by atoms with van der Waals surface area (Å²) in [6.45, 7) is 5.96. The monoisotopic (exact) mass is 274 g/mol. The van der Waals surface area contributed by atoms with Gasteiger partial charge in [-0.15, -0.1) is 0 Å². The summed E-state index contributed by atoms with van der Waals surface area (Å²) in [6.07, 6.45) is 5.49. The summed E-state index contributed by atoms with van der Waals surface area (Å²) in [5, 5.41) is 6.58. The molecular formula is C17H26N2O. The second kappa shape index (κ2) is 7.44. The lowest BCUT2D eigenvalue weighted by atomic mass is 10.0. The molecule has 2 N–H and O–H groups in total. The molecule has 1 aromatic carbocycles. The van der Waals surface area contributed by atoms with Crippen LogP contribution in [0.25, 0.3) is 0 Å². The van der Waals surface area contributed by atoms with Crippen molar-refractivity contribution in [2.75, 3.05) is 13.1 Å². The predicted octanol–water partition coefficient (Wildman–Crippen LogP) is 2.49. The molecule has 110 valence electrons. The third kappa shape index (κ3) is 4.64. The van der Waals surface area contributed by atoms with Gasteiger partial charge in [0.25, 0.3) is 0 Å². The summed E-state index contributed by atoms with van der Waals surface area (Å²) < 4.78 is 0. The minimum Gasteiger partial charge on any atom is -0.354 e. The van der Waals surface area contributed by atoms with Gasteiger partial charge in [0.05, 0.1) is 6.42 Å². The fraction of sp³-hybridized carbons (Fsp3) is 0.588. The first kappa shape index (κ1) is 15.0. The average molecular weight is 274 g/mol. The Bertz CT molecular complexity index is 448. The third-order valence-corrected chi connectivity index (χ3v) is 4.06. The lowest BCUT2D eigenvalue weighted by Crippen LogP contribution is -2.40. The number of aryl methyl sites for hydroxylation is 2. The van der Waals surface area contributed by atoms with Crippen LogP contribution < -0.4 is 10.6 Å². The molecule has 1 heterocycles. The lowest BCUT2D eigenvalue weighted by Gasteiger charge is -2.16. The van der Waals surface area contributed by atoms with Crippen LogP contribution in [0.5, 0.6) is 0 Å². The maximum Gasteiger partial charge on any atom is 0.224 e. The van der Waals surface area contributed by atoms with Crippen LogP contribution in [0, 0.1) is 13.8 Å². The maximum atomic E-state index is 12.1. The van der Waals surface area contributed by atoms with E-state index in [-0.39, 0.29) is 5.91 Å². The highest BCUT2D eigenvalue weighted by molar-refractivity contribution is 5.79. The number of hydrogen-bond donors (Lipinski definition) is 2.